The molecule has 0 aliphatic heterocycles. The number of sulfonamides is 1. The summed E-state index contributed by atoms with van der Waals surface area (Å²) in [6.45, 7) is 3.97. The number of nitrogens with one attached hydrogen (secondary N) is 2. The summed E-state index contributed by atoms with van der Waals surface area (Å²) in [7, 11) is -2.84. The van der Waals surface area contributed by atoms with E-state index in [0.717, 1.165) is 15.1 Å². The predicted octanol–water partition coefficient (Wildman–Crippen LogP) is 2.08. The van der Waals surface area contributed by atoms with Crippen LogP contribution in [0, 0.1) is 5.41 Å². The molecule has 0 fully saturated rings. The number of nitrogen functional groups attached to an aromatic ring is 1. The van der Waals surface area contributed by atoms with Gasteiger partial charge in [0.05, 0.1) is 0 Å². The Hall–Kier alpha value is -2.39. The van der Waals surface area contributed by atoms with Crippen molar-refractivity contribution in [1.29, 1.82) is 5.41 Å². The van der Waals surface area contributed by atoms with Gasteiger partial charge in [0.15, 0.2) is 0 Å². The fourth-order valence-corrected chi connectivity index (χ4v) is 7.05. The van der Waals surface area contributed by atoms with E-state index in [1.165, 1.54) is 25.2 Å². The van der Waals surface area contributed by atoms with Crippen molar-refractivity contribution in [3.05, 3.63) is 58.1 Å². The second kappa shape index (κ2) is 11.4. The Bertz CT molecular complexity index is 1220. The van der Waals surface area contributed by atoms with Crippen LogP contribution >= 0.6 is 11.6 Å². The van der Waals surface area contributed by atoms with E-state index in [9.17, 15) is 18.0 Å². The summed E-state index contributed by atoms with van der Waals surface area (Å²) in [4.78, 5) is 25.2. The van der Waals surface area contributed by atoms with Crippen molar-refractivity contribution < 1.29 is 18.0 Å². The van der Waals surface area contributed by atoms with Crippen LogP contribution in [-0.4, -0.2) is 54.7 Å². The molecule has 1 atom stereocenters. The van der Waals surface area contributed by atoms with E-state index in [0.29, 0.717) is 12.0 Å². The van der Waals surface area contributed by atoms with Crippen LogP contribution in [0.5, 0.6) is 0 Å². The third kappa shape index (κ3) is 5.99. The number of benzene rings is 2. The first-order chi connectivity index (χ1) is 15.9. The first kappa shape index (κ1) is 27.9. The molecule has 3 amide bonds. The average molecular weight is 570 g/mol. The molecule has 0 aliphatic rings. The van der Waals surface area contributed by atoms with Crippen molar-refractivity contribution in [3.63, 3.8) is 0 Å². The quantitative estimate of drug-likeness (QED) is 0.149. The first-order valence-corrected chi connectivity index (χ1v) is 14.8. The van der Waals surface area contributed by atoms with Crippen LogP contribution in [-0.2, 0) is 16.6 Å². The third-order valence-electron chi connectivity index (χ3n) is 5.24. The molecule has 2 aromatic carbocycles. The van der Waals surface area contributed by atoms with Crippen molar-refractivity contribution in [3.8, 4) is 0 Å². The van der Waals surface area contributed by atoms with Crippen molar-refractivity contribution in [2.45, 2.75) is 32.0 Å². The van der Waals surface area contributed by atoms with E-state index in [2.05, 4.69) is 12.2 Å². The normalized spacial score (nSPS) is 13.5. The maximum atomic E-state index is 13.0. The van der Waals surface area contributed by atoms with E-state index in [1.807, 2.05) is 12.1 Å². The number of quaternary nitrogens is 1. The molecular formula is C22H29AsClN5O4S+. The second-order valence-corrected chi connectivity index (χ2v) is 13.4. The fourth-order valence-electron chi connectivity index (χ4n) is 3.29. The third-order valence-corrected chi connectivity index (χ3v) is 10.1. The van der Waals surface area contributed by atoms with E-state index < -0.39 is 25.8 Å². The number of hydrogen-bond donors (Lipinski definition) is 4. The number of amides is 3. The molecule has 1 radical (unpaired) electrons. The molecule has 0 bridgehead atoms. The van der Waals surface area contributed by atoms with Gasteiger partial charge < -0.3 is 0 Å². The zero-order valence-corrected chi connectivity index (χ0v) is 22.7. The minimum atomic E-state index is -4.01. The summed E-state index contributed by atoms with van der Waals surface area (Å²) in [5.41, 5.74) is 12.7. The van der Waals surface area contributed by atoms with Crippen LogP contribution < -0.4 is 25.0 Å². The van der Waals surface area contributed by atoms with Gasteiger partial charge in [-0.05, 0) is 0 Å². The monoisotopic (exact) mass is 569 g/mol. The van der Waals surface area contributed by atoms with Crippen molar-refractivity contribution in [2.75, 3.05) is 12.8 Å². The topological polar surface area (TPSA) is 156 Å². The summed E-state index contributed by atoms with van der Waals surface area (Å²) in [6, 6.07) is 8.38. The van der Waals surface area contributed by atoms with Crippen LogP contribution in [0.3, 0.4) is 0 Å². The maximum absolute atomic E-state index is 13.0. The van der Waals surface area contributed by atoms with Crippen molar-refractivity contribution in [2.24, 2.45) is 11.5 Å². The van der Waals surface area contributed by atoms with E-state index in [-0.39, 0.29) is 50.2 Å². The van der Waals surface area contributed by atoms with Gasteiger partial charge >= 0.3 is 205 Å². The number of carbonyl (C=O) groups excluding carboxylic acids is 2. The molecule has 183 valence electrons. The Morgan fingerprint density at radius 1 is 1.12 bits per heavy atom. The van der Waals surface area contributed by atoms with E-state index in [4.69, 9.17) is 28.5 Å². The molecule has 2 rings (SSSR count). The molecule has 0 aromatic heterocycles. The zero-order chi connectivity index (χ0) is 25.7. The number of halogens is 1. The van der Waals surface area contributed by atoms with Gasteiger partial charge in [-0.15, -0.1) is 0 Å². The van der Waals surface area contributed by atoms with Gasteiger partial charge in [-0.25, -0.2) is 0 Å². The number of nitrogens with zero attached hydrogens (tertiary/aromatic N) is 1. The van der Waals surface area contributed by atoms with Gasteiger partial charge in [0, 0.05) is 0 Å². The second-order valence-electron chi connectivity index (χ2n) is 7.66. The molecule has 0 saturated carbocycles. The molecule has 12 heteroatoms. The minimum absolute atomic E-state index is 0.0129. The number of nitrogens with two attached hydrogens (primary N) is 2. The molecule has 1 unspecified atom stereocenters. The number of amidine groups is 1. The molecule has 9 nitrogen and oxygen atoms in total. The Morgan fingerprint density at radius 3 is 2.35 bits per heavy atom. The first-order valence-electron chi connectivity index (χ1n) is 10.5. The van der Waals surface area contributed by atoms with Gasteiger partial charge in [0.2, 0.25) is 0 Å². The van der Waals surface area contributed by atoms with Gasteiger partial charge in [-0.1, -0.05) is 6.92 Å². The molecule has 6 N–H and O–H groups in total. The molecule has 0 saturated heterocycles. The number of hydrogen-bond acceptors (Lipinski definition) is 5. The van der Waals surface area contributed by atoms with Gasteiger partial charge in [-0.2, -0.15) is 0 Å². The molecule has 0 aliphatic carbocycles. The Labute approximate surface area is 211 Å². The zero-order valence-electron chi connectivity index (χ0n) is 19.3. The summed E-state index contributed by atoms with van der Waals surface area (Å²) < 4.78 is 25.6. The van der Waals surface area contributed by atoms with Gasteiger partial charge in [-0.3, -0.25) is 0 Å². The van der Waals surface area contributed by atoms with Gasteiger partial charge in [0.25, 0.3) is 0 Å². The molecular weight excluding hydrogens is 541 g/mol. The summed E-state index contributed by atoms with van der Waals surface area (Å²) in [6.07, 6.45) is 0.294. The fraction of sp³-hybridized carbons (Fsp3) is 0.318. The van der Waals surface area contributed by atoms with E-state index in [1.54, 1.807) is 13.0 Å². The van der Waals surface area contributed by atoms with Crippen LogP contribution in [0.2, 0.25) is 10.2 Å². The number of urea groups is 1. The standard InChI is InChI=1S/C22H28AsClN5O4S/c1-4-8-34(32,33)29(3,22(27)31)18-10-16(9-17(24)12-18)21(30)28-13-15-7-6-14(20(25)26)11-19(15)23-5-2/h6-7,9-12H,4-5,8,13H2,1-3H3,(H5-,25,26,27,28,30,31)/p+1. The Morgan fingerprint density at radius 2 is 1.79 bits per heavy atom. The van der Waals surface area contributed by atoms with Gasteiger partial charge in [0.1, 0.15) is 0 Å². The summed E-state index contributed by atoms with van der Waals surface area (Å²) >= 11 is 6.04. The van der Waals surface area contributed by atoms with Crippen LogP contribution in [0.15, 0.2) is 36.4 Å². The summed E-state index contributed by atoms with van der Waals surface area (Å²) in [5.74, 6) is -0.768. The molecule has 2 aromatic rings. The van der Waals surface area contributed by atoms with E-state index >= 15 is 0 Å². The number of rotatable bonds is 10. The molecule has 34 heavy (non-hydrogen) atoms. The molecule has 0 heterocycles. The molecule has 0 spiro atoms. The van der Waals surface area contributed by atoms with Crippen molar-refractivity contribution >= 4 is 65.2 Å². The SMILES string of the molecule is CCCS(=O)(=O)[N+](C)(C(N)=O)c1cc(Cl)cc(C(=O)NCc2ccc(C(=N)N)cc2[As]CC)c1. The van der Waals surface area contributed by atoms with Crippen LogP contribution in [0.4, 0.5) is 10.5 Å². The number of primary amides is 1. The Kier molecular flexibility index (Phi) is 9.30. The summed E-state index contributed by atoms with van der Waals surface area (Å²) in [5, 5.41) is 11.5. The number of carbonyl (C=O) groups is 2. The van der Waals surface area contributed by atoms with Crippen molar-refractivity contribution in [1.82, 2.24) is 9.21 Å². The average Bonchev–Trinajstić information content (AvgIpc) is 2.76. The van der Waals surface area contributed by atoms with Crippen LogP contribution in [0.25, 0.3) is 0 Å². The Balaban J connectivity index is 2.39. The predicted molar refractivity (Wildman–Crippen MR) is 137 cm³/mol. The van der Waals surface area contributed by atoms with Crippen LogP contribution in [0.1, 0.15) is 41.8 Å².